The van der Waals surface area contributed by atoms with Crippen molar-refractivity contribution in [2.75, 3.05) is 31.7 Å². The Balaban J connectivity index is 1.08. The van der Waals surface area contributed by atoms with Crippen LogP contribution in [-0.4, -0.2) is 56.2 Å². The zero-order chi connectivity index (χ0) is 39.9. The number of anilines is 1. The van der Waals surface area contributed by atoms with Crippen LogP contribution in [0.3, 0.4) is 0 Å². The number of benzene rings is 5. The van der Waals surface area contributed by atoms with Gasteiger partial charge in [0.25, 0.3) is 5.91 Å². The van der Waals surface area contributed by atoms with Crippen molar-refractivity contribution in [3.05, 3.63) is 167 Å². The number of amides is 1. The van der Waals surface area contributed by atoms with Gasteiger partial charge in [-0.2, -0.15) is 0 Å². The Hall–Kier alpha value is -7.56. The Morgan fingerprint density at radius 2 is 1.23 bits per heavy atom. The minimum atomic E-state index is -0.684. The quantitative estimate of drug-likeness (QED) is 0.0348. The normalized spacial score (nSPS) is 10.3. The summed E-state index contributed by atoms with van der Waals surface area (Å²) >= 11 is 0. The van der Waals surface area contributed by atoms with Gasteiger partial charge < -0.3 is 33.7 Å². The smallest absolute Gasteiger partial charge is 0.343 e. The molecule has 0 heterocycles. The second-order valence-electron chi connectivity index (χ2n) is 11.7. The maximum Gasteiger partial charge on any atom is 0.343 e. The summed E-state index contributed by atoms with van der Waals surface area (Å²) in [6.45, 7) is 12.9. The van der Waals surface area contributed by atoms with E-state index in [1.54, 1.807) is 55.5 Å². The molecule has 5 rings (SSSR count). The van der Waals surface area contributed by atoms with Gasteiger partial charge in [0.05, 0.1) is 36.5 Å². The first kappa shape index (κ1) is 39.6. The van der Waals surface area contributed by atoms with E-state index in [1.165, 1.54) is 66.7 Å². The average molecular weight is 755 g/mol. The summed E-state index contributed by atoms with van der Waals surface area (Å²) in [6, 6.07) is 29.1. The zero-order valence-corrected chi connectivity index (χ0v) is 30.0. The minimum absolute atomic E-state index is 0.111. The third-order valence-corrected chi connectivity index (χ3v) is 7.71. The van der Waals surface area contributed by atoms with Crippen LogP contribution < -0.4 is 24.3 Å². The molecule has 0 unspecified atom stereocenters. The van der Waals surface area contributed by atoms with Gasteiger partial charge in [-0.3, -0.25) is 4.79 Å². The van der Waals surface area contributed by atoms with Gasteiger partial charge in [-0.1, -0.05) is 24.8 Å². The van der Waals surface area contributed by atoms with Gasteiger partial charge in [0.1, 0.15) is 36.2 Å². The number of carbonyl (C=O) groups excluding carboxylic acids is 5. The molecule has 5 aromatic carbocycles. The molecule has 0 aromatic heterocycles. The van der Waals surface area contributed by atoms with Crippen LogP contribution in [0.25, 0.3) is 4.85 Å². The van der Waals surface area contributed by atoms with Crippen LogP contribution in [0.5, 0.6) is 23.0 Å². The van der Waals surface area contributed by atoms with Crippen molar-refractivity contribution >= 4 is 41.2 Å². The maximum atomic E-state index is 13.0. The topological polar surface area (TPSA) is 157 Å². The number of rotatable bonds is 16. The molecule has 56 heavy (non-hydrogen) atoms. The number of hydrogen-bond donors (Lipinski definition) is 1. The molecule has 0 saturated heterocycles. The summed E-state index contributed by atoms with van der Waals surface area (Å²) in [5.74, 6) is -1.65. The molecule has 1 N–H and O–H groups in total. The molecule has 13 nitrogen and oxygen atoms in total. The average Bonchev–Trinajstić information content (AvgIpc) is 3.21. The Morgan fingerprint density at radius 3 is 1.91 bits per heavy atom. The Morgan fingerprint density at radius 1 is 0.643 bits per heavy atom. The van der Waals surface area contributed by atoms with Crippen LogP contribution in [0.2, 0.25) is 0 Å². The second kappa shape index (κ2) is 19.5. The van der Waals surface area contributed by atoms with Gasteiger partial charge >= 0.3 is 23.9 Å². The van der Waals surface area contributed by atoms with E-state index in [1.807, 2.05) is 0 Å². The van der Waals surface area contributed by atoms with Crippen LogP contribution in [-0.2, 0) is 14.3 Å². The summed E-state index contributed by atoms with van der Waals surface area (Å²) in [7, 11) is 0. The van der Waals surface area contributed by atoms with Crippen molar-refractivity contribution in [2.24, 2.45) is 0 Å². The molecule has 0 aliphatic heterocycles. The predicted molar refractivity (Wildman–Crippen MR) is 204 cm³/mol. The molecular formula is C43H34N2O11. The van der Waals surface area contributed by atoms with Crippen molar-refractivity contribution in [3.63, 3.8) is 0 Å². The number of carbonyl (C=O) groups is 5. The molecule has 0 atom stereocenters. The molecule has 0 spiro atoms. The third-order valence-electron chi connectivity index (χ3n) is 7.71. The standard InChI is InChI=1S/C43H34N2O11/c1-4-39(46)53-25-23-51-22-24-52-34-14-10-30(11-15-34)41(48)54-35-16-8-29(9-17-35)40(47)45-33-7-5-6-31(27-33)42(49)56-37-20-21-38(28(2)26-37)43(50)55-36-18-12-32(44-3)13-19-36/h4-21,26-27H,1,22-25H2,2H3,(H,45,47). The van der Waals surface area contributed by atoms with Crippen molar-refractivity contribution in [1.82, 2.24) is 0 Å². The molecular weight excluding hydrogens is 720 g/mol. The van der Waals surface area contributed by atoms with Gasteiger partial charge in [-0.25, -0.2) is 24.0 Å². The number of nitrogens with one attached hydrogen (secondary N) is 1. The summed E-state index contributed by atoms with van der Waals surface area (Å²) in [5, 5.41) is 2.74. The van der Waals surface area contributed by atoms with E-state index >= 15 is 0 Å². The Bertz CT molecular complexity index is 2260. The van der Waals surface area contributed by atoms with E-state index in [-0.39, 0.29) is 65.9 Å². The van der Waals surface area contributed by atoms with E-state index in [0.29, 0.717) is 22.7 Å². The lowest BCUT2D eigenvalue weighted by Gasteiger charge is -2.11. The van der Waals surface area contributed by atoms with E-state index < -0.39 is 29.8 Å². The first-order valence-corrected chi connectivity index (χ1v) is 17.0. The first-order valence-electron chi connectivity index (χ1n) is 17.0. The monoisotopic (exact) mass is 754 g/mol. The number of esters is 4. The highest BCUT2D eigenvalue weighted by Crippen LogP contribution is 2.24. The molecule has 0 aliphatic carbocycles. The lowest BCUT2D eigenvalue weighted by molar-refractivity contribution is -0.139. The van der Waals surface area contributed by atoms with Crippen molar-refractivity contribution in [3.8, 4) is 23.0 Å². The van der Waals surface area contributed by atoms with Crippen molar-refractivity contribution < 1.29 is 52.4 Å². The summed E-state index contributed by atoms with van der Waals surface area (Å²) < 4.78 is 32.1. The summed E-state index contributed by atoms with van der Waals surface area (Å²) in [4.78, 5) is 65.7. The van der Waals surface area contributed by atoms with Gasteiger partial charge in [-0.15, -0.1) is 0 Å². The van der Waals surface area contributed by atoms with Crippen molar-refractivity contribution in [2.45, 2.75) is 6.92 Å². The molecule has 282 valence electrons. The highest BCUT2D eigenvalue weighted by atomic mass is 16.6. The number of aryl methyl sites for hydroxylation is 1. The lowest BCUT2D eigenvalue weighted by atomic mass is 10.1. The van der Waals surface area contributed by atoms with Crippen LogP contribution in [0.1, 0.15) is 47.0 Å². The van der Waals surface area contributed by atoms with Gasteiger partial charge in [0.15, 0.2) is 5.69 Å². The predicted octanol–water partition coefficient (Wildman–Crippen LogP) is 7.58. The van der Waals surface area contributed by atoms with Gasteiger partial charge in [0.2, 0.25) is 0 Å². The maximum absolute atomic E-state index is 13.0. The van der Waals surface area contributed by atoms with Crippen LogP contribution in [0.15, 0.2) is 128 Å². The van der Waals surface area contributed by atoms with E-state index in [9.17, 15) is 24.0 Å². The number of hydrogen-bond acceptors (Lipinski definition) is 11. The largest absolute Gasteiger partial charge is 0.491 e. The van der Waals surface area contributed by atoms with Crippen LogP contribution in [0, 0.1) is 13.5 Å². The fourth-order valence-electron chi connectivity index (χ4n) is 4.88. The zero-order valence-electron chi connectivity index (χ0n) is 30.0. The summed E-state index contributed by atoms with van der Waals surface area (Å²) in [5.41, 5.74) is 2.28. The Kier molecular flexibility index (Phi) is 13.8. The van der Waals surface area contributed by atoms with E-state index in [0.717, 1.165) is 6.08 Å². The van der Waals surface area contributed by atoms with Gasteiger partial charge in [-0.05, 0) is 110 Å². The SMILES string of the molecule is [C-]#[N+]c1ccc(OC(=O)c2ccc(OC(=O)c3cccc(NC(=O)c4ccc(OC(=O)c5ccc(OCCOCCOC(=O)C=C)cc5)cc4)c3)cc2C)cc1. The fraction of sp³-hybridized carbons (Fsp3) is 0.116. The second-order valence-corrected chi connectivity index (χ2v) is 11.7. The fourth-order valence-corrected chi connectivity index (χ4v) is 4.88. The van der Waals surface area contributed by atoms with E-state index in [2.05, 4.69) is 16.7 Å². The summed E-state index contributed by atoms with van der Waals surface area (Å²) in [6.07, 6.45) is 1.07. The van der Waals surface area contributed by atoms with Gasteiger partial charge in [0, 0.05) is 17.3 Å². The minimum Gasteiger partial charge on any atom is -0.491 e. The molecule has 0 aliphatic rings. The molecule has 0 saturated carbocycles. The van der Waals surface area contributed by atoms with E-state index in [4.69, 9.17) is 35.0 Å². The molecule has 0 bridgehead atoms. The number of ether oxygens (including phenoxy) is 6. The highest BCUT2D eigenvalue weighted by Gasteiger charge is 2.16. The Labute approximate surface area is 321 Å². The molecule has 1 amide bonds. The molecule has 0 radical (unpaired) electrons. The first-order chi connectivity index (χ1) is 27.1. The molecule has 13 heteroatoms. The number of nitrogens with zero attached hydrogens (tertiary/aromatic N) is 1. The van der Waals surface area contributed by atoms with Crippen LogP contribution >= 0.6 is 0 Å². The highest BCUT2D eigenvalue weighted by molar-refractivity contribution is 6.05. The molecule has 0 fully saturated rings. The lowest BCUT2D eigenvalue weighted by Crippen LogP contribution is -2.14. The third kappa shape index (κ3) is 11.5. The van der Waals surface area contributed by atoms with Crippen LogP contribution in [0.4, 0.5) is 11.4 Å². The van der Waals surface area contributed by atoms with Crippen molar-refractivity contribution in [1.29, 1.82) is 0 Å². The molecule has 5 aromatic rings.